The molecule has 0 bridgehead atoms. The molecule has 2 aromatic rings. The van der Waals surface area contributed by atoms with Gasteiger partial charge in [0.05, 0.1) is 5.75 Å². The molecular weight excluding hydrogens is 462 g/mol. The number of nitrogens with one attached hydrogen (secondary N) is 1. The first-order valence-corrected chi connectivity index (χ1v) is 14.5. The molecule has 35 heavy (non-hydrogen) atoms. The summed E-state index contributed by atoms with van der Waals surface area (Å²) in [4.78, 5) is 29.9. The van der Waals surface area contributed by atoms with Crippen molar-refractivity contribution in [3.63, 3.8) is 0 Å². The van der Waals surface area contributed by atoms with Crippen LogP contribution in [0.2, 0.25) is 0 Å². The van der Waals surface area contributed by atoms with Crippen molar-refractivity contribution >= 4 is 21.7 Å². The first-order chi connectivity index (χ1) is 16.8. The summed E-state index contributed by atoms with van der Waals surface area (Å²) in [7, 11) is -3.26. The summed E-state index contributed by atoms with van der Waals surface area (Å²) in [6, 6.07) is 17.1. The standard InChI is InChI=1S/C27H35N3O4S/c1-35(33,34)18-13-25(30-20-23-9-5-6-10-24(23)27(30)32)26(31)28-14-17-29-15-11-22(12-16-29)19-21-7-3-2-4-8-21/h2-10,22,25H,11-20H2,1H3,(H,28,31)/t25-/m0/s1. The molecule has 0 saturated carbocycles. The van der Waals surface area contributed by atoms with Crippen molar-refractivity contribution in [3.8, 4) is 0 Å². The Morgan fingerprint density at radius 2 is 1.74 bits per heavy atom. The van der Waals surface area contributed by atoms with E-state index in [1.807, 2.05) is 18.2 Å². The van der Waals surface area contributed by atoms with Crippen LogP contribution in [-0.2, 0) is 27.6 Å². The van der Waals surface area contributed by atoms with Crippen molar-refractivity contribution in [1.29, 1.82) is 0 Å². The van der Waals surface area contributed by atoms with Gasteiger partial charge in [-0.05, 0) is 61.9 Å². The Balaban J connectivity index is 1.28. The molecule has 8 heteroatoms. The Morgan fingerprint density at radius 3 is 2.43 bits per heavy atom. The number of nitrogens with zero attached hydrogens (tertiary/aromatic N) is 2. The highest BCUT2D eigenvalue weighted by Gasteiger charge is 2.36. The van der Waals surface area contributed by atoms with Crippen LogP contribution in [0.3, 0.4) is 0 Å². The van der Waals surface area contributed by atoms with Gasteiger partial charge in [-0.3, -0.25) is 9.59 Å². The van der Waals surface area contributed by atoms with Crippen LogP contribution in [0.5, 0.6) is 0 Å². The van der Waals surface area contributed by atoms with E-state index in [4.69, 9.17) is 0 Å². The zero-order valence-corrected chi connectivity index (χ0v) is 21.2. The van der Waals surface area contributed by atoms with Crippen LogP contribution < -0.4 is 5.32 Å². The number of rotatable bonds is 10. The van der Waals surface area contributed by atoms with E-state index in [9.17, 15) is 18.0 Å². The zero-order valence-electron chi connectivity index (χ0n) is 20.4. The molecule has 2 heterocycles. The van der Waals surface area contributed by atoms with Crippen LogP contribution in [0.1, 0.15) is 40.7 Å². The summed E-state index contributed by atoms with van der Waals surface area (Å²) < 4.78 is 23.6. The Labute approximate surface area is 208 Å². The molecular formula is C27H35N3O4S. The molecule has 0 aromatic heterocycles. The summed E-state index contributed by atoms with van der Waals surface area (Å²) in [5, 5.41) is 2.97. The first-order valence-electron chi connectivity index (χ1n) is 12.4. The lowest BCUT2D eigenvalue weighted by molar-refractivity contribution is -0.125. The summed E-state index contributed by atoms with van der Waals surface area (Å²) in [5.41, 5.74) is 2.84. The van der Waals surface area contributed by atoms with E-state index in [2.05, 4.69) is 34.5 Å². The number of sulfone groups is 1. The third kappa shape index (κ3) is 6.92. The summed E-state index contributed by atoms with van der Waals surface area (Å²) in [6.07, 6.45) is 4.64. The van der Waals surface area contributed by atoms with Gasteiger partial charge in [0.1, 0.15) is 15.9 Å². The fourth-order valence-corrected chi connectivity index (χ4v) is 5.75. The number of piperidine rings is 1. The van der Waals surface area contributed by atoms with Crippen LogP contribution in [-0.4, -0.2) is 74.3 Å². The van der Waals surface area contributed by atoms with E-state index in [-0.39, 0.29) is 24.0 Å². The number of fused-ring (bicyclic) bond motifs is 1. The average Bonchev–Trinajstić information content (AvgIpc) is 3.17. The number of amides is 2. The normalized spacial score (nSPS) is 17.9. The van der Waals surface area contributed by atoms with Gasteiger partial charge in [0.2, 0.25) is 5.91 Å². The molecule has 2 aromatic carbocycles. The van der Waals surface area contributed by atoms with Gasteiger partial charge in [-0.2, -0.15) is 0 Å². The van der Waals surface area contributed by atoms with Gasteiger partial charge in [0.15, 0.2) is 0 Å². The summed E-state index contributed by atoms with van der Waals surface area (Å²) in [5.74, 6) is 0.0510. The van der Waals surface area contributed by atoms with Gasteiger partial charge in [0, 0.05) is 31.5 Å². The largest absolute Gasteiger partial charge is 0.353 e. The van der Waals surface area contributed by atoms with Gasteiger partial charge in [-0.15, -0.1) is 0 Å². The second-order valence-electron chi connectivity index (χ2n) is 9.79. The van der Waals surface area contributed by atoms with Gasteiger partial charge in [-0.1, -0.05) is 48.5 Å². The Morgan fingerprint density at radius 1 is 1.06 bits per heavy atom. The predicted octanol–water partition coefficient (Wildman–Crippen LogP) is 2.52. The topological polar surface area (TPSA) is 86.8 Å². The van der Waals surface area contributed by atoms with Crippen molar-refractivity contribution in [3.05, 3.63) is 71.3 Å². The monoisotopic (exact) mass is 497 g/mol. The first kappa shape index (κ1) is 25.4. The fourth-order valence-electron chi connectivity index (χ4n) is 5.10. The Bertz CT molecular complexity index is 1130. The lowest BCUT2D eigenvalue weighted by atomic mass is 9.90. The third-order valence-corrected chi connectivity index (χ3v) is 8.07. The molecule has 4 rings (SSSR count). The van der Waals surface area contributed by atoms with Crippen LogP contribution >= 0.6 is 0 Å². The molecule has 7 nitrogen and oxygen atoms in total. The number of carbonyl (C=O) groups is 2. The number of hydrogen-bond acceptors (Lipinski definition) is 5. The maximum Gasteiger partial charge on any atom is 0.255 e. The lowest BCUT2D eigenvalue weighted by Crippen LogP contribution is -2.49. The van der Waals surface area contributed by atoms with Gasteiger partial charge >= 0.3 is 0 Å². The Kier molecular flexibility index (Phi) is 8.23. The smallest absolute Gasteiger partial charge is 0.255 e. The minimum absolute atomic E-state index is 0.0925. The zero-order chi connectivity index (χ0) is 24.8. The lowest BCUT2D eigenvalue weighted by Gasteiger charge is -2.32. The molecule has 1 saturated heterocycles. The highest BCUT2D eigenvalue weighted by Crippen LogP contribution is 2.26. The molecule has 2 aliphatic heterocycles. The minimum Gasteiger partial charge on any atom is -0.353 e. The van der Waals surface area contributed by atoms with Crippen LogP contribution in [0, 0.1) is 5.92 Å². The number of hydrogen-bond donors (Lipinski definition) is 1. The fraction of sp³-hybridized carbons (Fsp3) is 0.481. The molecule has 1 atom stereocenters. The predicted molar refractivity (Wildman–Crippen MR) is 137 cm³/mol. The second kappa shape index (κ2) is 11.4. The van der Waals surface area contributed by atoms with Gasteiger partial charge < -0.3 is 15.1 Å². The third-order valence-electron chi connectivity index (χ3n) is 7.09. The second-order valence-corrected chi connectivity index (χ2v) is 12.1. The molecule has 1 fully saturated rings. The van der Waals surface area contributed by atoms with Crippen LogP contribution in [0.25, 0.3) is 0 Å². The molecule has 0 aliphatic carbocycles. The van der Waals surface area contributed by atoms with E-state index in [0.717, 1.165) is 50.7 Å². The van der Waals surface area contributed by atoms with E-state index in [1.54, 1.807) is 12.1 Å². The Hall–Kier alpha value is -2.71. The summed E-state index contributed by atoms with van der Waals surface area (Å²) in [6.45, 7) is 3.56. The molecule has 0 spiro atoms. The van der Waals surface area contributed by atoms with Crippen molar-refractivity contribution in [2.75, 3.05) is 38.2 Å². The van der Waals surface area contributed by atoms with Gasteiger partial charge in [0.25, 0.3) is 5.91 Å². The molecule has 0 radical (unpaired) electrons. The van der Waals surface area contributed by atoms with Crippen LogP contribution in [0.15, 0.2) is 54.6 Å². The highest BCUT2D eigenvalue weighted by atomic mass is 32.2. The van der Waals surface area contributed by atoms with E-state index in [0.29, 0.717) is 24.6 Å². The number of carbonyl (C=O) groups excluding carboxylic acids is 2. The van der Waals surface area contributed by atoms with E-state index in [1.165, 1.54) is 10.5 Å². The number of benzene rings is 2. The molecule has 2 aliphatic rings. The summed E-state index contributed by atoms with van der Waals surface area (Å²) >= 11 is 0. The van der Waals surface area contributed by atoms with Crippen molar-refractivity contribution in [1.82, 2.24) is 15.1 Å². The van der Waals surface area contributed by atoms with Crippen molar-refractivity contribution in [2.24, 2.45) is 5.92 Å². The molecule has 188 valence electrons. The van der Waals surface area contributed by atoms with Crippen molar-refractivity contribution < 1.29 is 18.0 Å². The van der Waals surface area contributed by atoms with E-state index >= 15 is 0 Å². The minimum atomic E-state index is -3.26. The van der Waals surface area contributed by atoms with Crippen LogP contribution in [0.4, 0.5) is 0 Å². The SMILES string of the molecule is CS(=O)(=O)CC[C@@H](C(=O)NCCN1CCC(Cc2ccccc2)CC1)N1Cc2ccccc2C1=O. The molecule has 0 unspecified atom stereocenters. The van der Waals surface area contributed by atoms with Gasteiger partial charge in [-0.25, -0.2) is 8.42 Å². The molecule has 2 amide bonds. The maximum atomic E-state index is 13.1. The van der Waals surface area contributed by atoms with E-state index < -0.39 is 15.9 Å². The van der Waals surface area contributed by atoms with Crippen molar-refractivity contribution in [2.45, 2.75) is 38.3 Å². The maximum absolute atomic E-state index is 13.1. The number of likely N-dealkylation sites (tertiary alicyclic amines) is 1. The quantitative estimate of drug-likeness (QED) is 0.545. The average molecular weight is 498 g/mol. The highest BCUT2D eigenvalue weighted by molar-refractivity contribution is 7.90. The molecule has 1 N–H and O–H groups in total.